The molecule has 3 N–H and O–H groups in total. The molecule has 0 heterocycles. The van der Waals surface area contributed by atoms with Crippen LogP contribution in [0.15, 0.2) is 36.4 Å². The van der Waals surface area contributed by atoms with Crippen LogP contribution in [0.4, 0.5) is 15.8 Å². The van der Waals surface area contributed by atoms with Crippen LogP contribution in [0.3, 0.4) is 0 Å². The molecule has 0 spiro atoms. The number of nitrogens with two attached hydrogens (primary N) is 1. The Bertz CT molecular complexity index is 579. The fourth-order valence-corrected chi connectivity index (χ4v) is 2.15. The summed E-state index contributed by atoms with van der Waals surface area (Å²) in [5.41, 5.74) is 10.4. The van der Waals surface area contributed by atoms with Crippen molar-refractivity contribution in [3.8, 4) is 0 Å². The van der Waals surface area contributed by atoms with Gasteiger partial charge in [0.1, 0.15) is 5.82 Å². The van der Waals surface area contributed by atoms with Crippen molar-refractivity contribution in [1.29, 1.82) is 0 Å². The monoisotopic (exact) mass is 258 g/mol. The van der Waals surface area contributed by atoms with Gasteiger partial charge in [0, 0.05) is 6.54 Å². The molecule has 0 amide bonds. The highest BCUT2D eigenvalue weighted by Crippen LogP contribution is 2.21. The van der Waals surface area contributed by atoms with Crippen molar-refractivity contribution in [3.63, 3.8) is 0 Å². The van der Waals surface area contributed by atoms with E-state index < -0.39 is 0 Å². The van der Waals surface area contributed by atoms with E-state index in [1.807, 2.05) is 0 Å². The van der Waals surface area contributed by atoms with Crippen molar-refractivity contribution in [2.24, 2.45) is 0 Å². The molecule has 100 valence electrons. The second-order valence-electron chi connectivity index (χ2n) is 4.81. The standard InChI is InChI=1S/C16H19FN2/c1-11-6-7-13(12(2)10-11)8-9-19-15-5-3-4-14(17)16(15)18/h3-7,10,19H,8-9,18H2,1-2H3. The minimum atomic E-state index is -0.378. The largest absolute Gasteiger partial charge is 0.395 e. The molecule has 2 rings (SSSR count). The summed E-state index contributed by atoms with van der Waals surface area (Å²) >= 11 is 0. The number of anilines is 2. The van der Waals surface area contributed by atoms with Crippen molar-refractivity contribution < 1.29 is 4.39 Å². The summed E-state index contributed by atoms with van der Waals surface area (Å²) in [6.45, 7) is 4.93. The number of benzene rings is 2. The van der Waals surface area contributed by atoms with Crippen LogP contribution in [0.1, 0.15) is 16.7 Å². The van der Waals surface area contributed by atoms with Crippen molar-refractivity contribution in [2.45, 2.75) is 20.3 Å². The Morgan fingerprint density at radius 1 is 1.16 bits per heavy atom. The first-order chi connectivity index (χ1) is 9.08. The Balaban J connectivity index is 1.98. The molecule has 0 aliphatic rings. The van der Waals surface area contributed by atoms with Crippen molar-refractivity contribution in [1.82, 2.24) is 0 Å². The smallest absolute Gasteiger partial charge is 0.148 e. The van der Waals surface area contributed by atoms with E-state index in [0.717, 1.165) is 13.0 Å². The summed E-state index contributed by atoms with van der Waals surface area (Å²) in [4.78, 5) is 0. The molecule has 0 fully saturated rings. The molecule has 0 saturated heterocycles. The van der Waals surface area contributed by atoms with Crippen LogP contribution in [-0.4, -0.2) is 6.54 Å². The summed E-state index contributed by atoms with van der Waals surface area (Å²) in [6, 6.07) is 11.2. The molecule has 19 heavy (non-hydrogen) atoms. The van der Waals surface area contributed by atoms with Gasteiger partial charge in [0.05, 0.1) is 11.4 Å². The summed E-state index contributed by atoms with van der Waals surface area (Å²) in [5, 5.41) is 3.18. The van der Waals surface area contributed by atoms with Crippen LogP contribution in [-0.2, 0) is 6.42 Å². The summed E-state index contributed by atoms with van der Waals surface area (Å²) in [7, 11) is 0. The molecule has 0 aliphatic carbocycles. The Hall–Kier alpha value is -2.03. The summed E-state index contributed by atoms with van der Waals surface area (Å²) in [5.74, 6) is -0.378. The fourth-order valence-electron chi connectivity index (χ4n) is 2.15. The van der Waals surface area contributed by atoms with Gasteiger partial charge >= 0.3 is 0 Å². The molecular weight excluding hydrogens is 239 g/mol. The average Bonchev–Trinajstić information content (AvgIpc) is 2.37. The van der Waals surface area contributed by atoms with Gasteiger partial charge in [-0.15, -0.1) is 0 Å². The van der Waals surface area contributed by atoms with Gasteiger partial charge in [-0.2, -0.15) is 0 Å². The molecular formula is C16H19FN2. The molecule has 2 aromatic rings. The lowest BCUT2D eigenvalue weighted by Crippen LogP contribution is -2.08. The third-order valence-corrected chi connectivity index (χ3v) is 3.26. The second kappa shape index (κ2) is 5.74. The van der Waals surface area contributed by atoms with Crippen LogP contribution < -0.4 is 11.1 Å². The predicted molar refractivity (Wildman–Crippen MR) is 78.9 cm³/mol. The van der Waals surface area contributed by atoms with Crippen LogP contribution >= 0.6 is 0 Å². The fraction of sp³-hybridized carbons (Fsp3) is 0.250. The number of aryl methyl sites for hydroxylation is 2. The number of para-hydroxylation sites is 1. The first kappa shape index (κ1) is 13.4. The number of rotatable bonds is 4. The van der Waals surface area contributed by atoms with E-state index in [-0.39, 0.29) is 11.5 Å². The van der Waals surface area contributed by atoms with Gasteiger partial charge in [0.25, 0.3) is 0 Å². The van der Waals surface area contributed by atoms with E-state index in [0.29, 0.717) is 5.69 Å². The lowest BCUT2D eigenvalue weighted by molar-refractivity contribution is 0.633. The highest BCUT2D eigenvalue weighted by molar-refractivity contribution is 5.66. The predicted octanol–water partition coefficient (Wildman–Crippen LogP) is 3.68. The first-order valence-corrected chi connectivity index (χ1v) is 6.42. The Morgan fingerprint density at radius 2 is 1.95 bits per heavy atom. The highest BCUT2D eigenvalue weighted by atomic mass is 19.1. The summed E-state index contributed by atoms with van der Waals surface area (Å²) < 4.78 is 13.3. The number of nitrogen functional groups attached to an aromatic ring is 1. The number of nitrogens with one attached hydrogen (secondary N) is 1. The van der Waals surface area contributed by atoms with Crippen LogP contribution in [0.2, 0.25) is 0 Å². The van der Waals surface area contributed by atoms with Crippen molar-refractivity contribution >= 4 is 11.4 Å². The van der Waals surface area contributed by atoms with Crippen LogP contribution in [0.25, 0.3) is 0 Å². The first-order valence-electron chi connectivity index (χ1n) is 6.42. The summed E-state index contributed by atoms with van der Waals surface area (Å²) in [6.07, 6.45) is 0.891. The molecule has 0 atom stereocenters. The van der Waals surface area contributed by atoms with E-state index in [2.05, 4.69) is 37.4 Å². The molecule has 0 radical (unpaired) electrons. The number of hydrogen-bond acceptors (Lipinski definition) is 2. The van der Waals surface area contributed by atoms with Gasteiger partial charge in [-0.25, -0.2) is 4.39 Å². The van der Waals surface area contributed by atoms with Crippen molar-refractivity contribution in [2.75, 3.05) is 17.6 Å². The van der Waals surface area contributed by atoms with Gasteiger partial charge in [0.15, 0.2) is 0 Å². The van der Waals surface area contributed by atoms with Crippen molar-refractivity contribution in [3.05, 3.63) is 58.9 Å². The van der Waals surface area contributed by atoms with Crippen LogP contribution in [0.5, 0.6) is 0 Å². The molecule has 2 aromatic carbocycles. The number of halogens is 1. The molecule has 0 aromatic heterocycles. The molecule has 3 heteroatoms. The average molecular weight is 258 g/mol. The molecule has 0 bridgehead atoms. The quantitative estimate of drug-likeness (QED) is 0.821. The Kier molecular flexibility index (Phi) is 4.05. The van der Waals surface area contributed by atoms with Gasteiger partial charge in [0.2, 0.25) is 0 Å². The van der Waals surface area contributed by atoms with Gasteiger partial charge in [-0.1, -0.05) is 29.8 Å². The van der Waals surface area contributed by atoms with Gasteiger partial charge < -0.3 is 11.1 Å². The van der Waals surface area contributed by atoms with Gasteiger partial charge in [-0.3, -0.25) is 0 Å². The normalized spacial score (nSPS) is 10.5. The maximum atomic E-state index is 13.3. The third kappa shape index (κ3) is 3.25. The zero-order valence-corrected chi connectivity index (χ0v) is 11.3. The Labute approximate surface area is 113 Å². The minimum absolute atomic E-state index is 0.183. The second-order valence-corrected chi connectivity index (χ2v) is 4.81. The molecule has 0 saturated carbocycles. The maximum Gasteiger partial charge on any atom is 0.148 e. The highest BCUT2D eigenvalue weighted by Gasteiger charge is 2.04. The zero-order chi connectivity index (χ0) is 13.8. The maximum absolute atomic E-state index is 13.3. The van der Waals surface area contributed by atoms with E-state index in [1.165, 1.54) is 22.8 Å². The Morgan fingerprint density at radius 3 is 2.68 bits per heavy atom. The van der Waals surface area contributed by atoms with E-state index in [1.54, 1.807) is 12.1 Å². The molecule has 0 aliphatic heterocycles. The topological polar surface area (TPSA) is 38.0 Å². The minimum Gasteiger partial charge on any atom is -0.395 e. The lowest BCUT2D eigenvalue weighted by Gasteiger charge is -2.11. The van der Waals surface area contributed by atoms with E-state index in [4.69, 9.17) is 5.73 Å². The van der Waals surface area contributed by atoms with Gasteiger partial charge in [-0.05, 0) is 43.5 Å². The molecule has 0 unspecified atom stereocenters. The lowest BCUT2D eigenvalue weighted by atomic mass is 10.0. The van der Waals surface area contributed by atoms with E-state index in [9.17, 15) is 4.39 Å². The zero-order valence-electron chi connectivity index (χ0n) is 11.3. The third-order valence-electron chi connectivity index (χ3n) is 3.26. The number of hydrogen-bond donors (Lipinski definition) is 2. The SMILES string of the molecule is Cc1ccc(CCNc2cccc(F)c2N)c(C)c1. The van der Waals surface area contributed by atoms with Crippen LogP contribution in [0, 0.1) is 19.7 Å². The molecule has 2 nitrogen and oxygen atoms in total. The van der Waals surface area contributed by atoms with E-state index >= 15 is 0 Å².